The van der Waals surface area contributed by atoms with E-state index in [0.29, 0.717) is 6.54 Å². The lowest BCUT2D eigenvalue weighted by Crippen LogP contribution is -2.31. The van der Waals surface area contributed by atoms with E-state index < -0.39 is 0 Å². The first-order valence-corrected chi connectivity index (χ1v) is 3.99. The first kappa shape index (κ1) is 7.56. The molecule has 2 nitrogen and oxygen atoms in total. The van der Waals surface area contributed by atoms with Crippen LogP contribution < -0.4 is 0 Å². The Balaban J connectivity index is 2.09. The summed E-state index contributed by atoms with van der Waals surface area (Å²) >= 11 is 0. The third kappa shape index (κ3) is 2.36. The molecule has 1 aliphatic heterocycles. The molecule has 56 valence electrons. The number of hydrogen-bond donors (Lipinski definition) is 0. The second kappa shape index (κ2) is 4.29. The van der Waals surface area contributed by atoms with Crippen molar-refractivity contribution in [2.24, 2.45) is 0 Å². The number of hydrogen-bond acceptors (Lipinski definition) is 1. The van der Waals surface area contributed by atoms with Gasteiger partial charge in [-0.2, -0.15) is 0 Å². The van der Waals surface area contributed by atoms with Crippen LogP contribution >= 0.6 is 0 Å². The Morgan fingerprint density at radius 2 is 1.90 bits per heavy atom. The highest BCUT2D eigenvalue weighted by atomic mass is 15.1. The van der Waals surface area contributed by atoms with E-state index >= 15 is 0 Å². The Bertz CT molecular complexity index is 120. The summed E-state index contributed by atoms with van der Waals surface area (Å²) in [6, 6.07) is 0. The normalized spacial score (nSPS) is 20.3. The molecular weight excluding hydrogens is 124 g/mol. The Hall–Kier alpha value is -0.550. The van der Waals surface area contributed by atoms with Crippen molar-refractivity contribution in [3.8, 4) is 0 Å². The molecule has 1 fully saturated rings. The van der Waals surface area contributed by atoms with Crippen LogP contribution in [0.4, 0.5) is 0 Å². The van der Waals surface area contributed by atoms with Gasteiger partial charge in [0.2, 0.25) is 6.54 Å². The number of rotatable bonds is 2. The minimum Gasteiger partial charge on any atom is -0.316 e. The first-order valence-electron chi connectivity index (χ1n) is 3.99. The molecule has 0 N–H and O–H groups in total. The summed E-state index contributed by atoms with van der Waals surface area (Å²) in [4.78, 5) is 5.73. The van der Waals surface area contributed by atoms with Gasteiger partial charge in [-0.3, -0.25) is 4.90 Å². The molecule has 0 amide bonds. The van der Waals surface area contributed by atoms with Crippen LogP contribution in [0, 0.1) is 6.57 Å². The molecule has 1 saturated heterocycles. The largest absolute Gasteiger partial charge is 0.316 e. The van der Waals surface area contributed by atoms with E-state index in [2.05, 4.69) is 9.74 Å². The summed E-state index contributed by atoms with van der Waals surface area (Å²) in [5.41, 5.74) is 0. The third-order valence-electron chi connectivity index (χ3n) is 1.98. The quantitative estimate of drug-likeness (QED) is 0.523. The topological polar surface area (TPSA) is 7.60 Å². The minimum absolute atomic E-state index is 0.681. The lowest BCUT2D eigenvalue weighted by atomic mass is 10.1. The van der Waals surface area contributed by atoms with Crippen molar-refractivity contribution >= 4 is 0 Å². The summed E-state index contributed by atoms with van der Waals surface area (Å²) in [5, 5.41) is 0. The van der Waals surface area contributed by atoms with Gasteiger partial charge in [0.25, 0.3) is 0 Å². The second-order valence-corrected chi connectivity index (χ2v) is 2.78. The molecule has 0 bridgehead atoms. The van der Waals surface area contributed by atoms with Crippen molar-refractivity contribution in [2.45, 2.75) is 19.3 Å². The molecule has 0 saturated carbocycles. The van der Waals surface area contributed by atoms with Gasteiger partial charge in [0.1, 0.15) is 0 Å². The highest BCUT2D eigenvalue weighted by molar-refractivity contribution is 4.69. The van der Waals surface area contributed by atoms with Crippen LogP contribution in [0.2, 0.25) is 0 Å². The second-order valence-electron chi connectivity index (χ2n) is 2.78. The van der Waals surface area contributed by atoms with Crippen LogP contribution in [-0.4, -0.2) is 31.1 Å². The molecule has 0 radical (unpaired) electrons. The lowest BCUT2D eigenvalue weighted by molar-refractivity contribution is 0.238. The average molecular weight is 138 g/mol. The van der Waals surface area contributed by atoms with Crippen molar-refractivity contribution in [1.82, 2.24) is 4.90 Å². The molecule has 2 heteroatoms. The van der Waals surface area contributed by atoms with E-state index in [-0.39, 0.29) is 0 Å². The van der Waals surface area contributed by atoms with Crippen LogP contribution in [0.1, 0.15) is 19.3 Å². The van der Waals surface area contributed by atoms with Gasteiger partial charge in [0.15, 0.2) is 0 Å². The summed E-state index contributed by atoms with van der Waals surface area (Å²) < 4.78 is 0. The molecule has 0 aromatic rings. The molecule has 10 heavy (non-hydrogen) atoms. The Morgan fingerprint density at radius 1 is 1.20 bits per heavy atom. The van der Waals surface area contributed by atoms with Crippen molar-refractivity contribution in [2.75, 3.05) is 26.2 Å². The van der Waals surface area contributed by atoms with Crippen molar-refractivity contribution in [3.05, 3.63) is 11.4 Å². The molecule has 0 aliphatic carbocycles. The zero-order valence-corrected chi connectivity index (χ0v) is 6.34. The first-order chi connectivity index (χ1) is 4.93. The lowest BCUT2D eigenvalue weighted by Gasteiger charge is -2.23. The standard InChI is InChI=1S/C8H14N2/c1-9-5-8-10-6-3-2-4-7-10/h2-8H2. The predicted octanol–water partition coefficient (Wildman–Crippen LogP) is 1.39. The van der Waals surface area contributed by atoms with Crippen LogP contribution in [0.5, 0.6) is 0 Å². The maximum absolute atomic E-state index is 6.62. The molecule has 1 aliphatic rings. The Morgan fingerprint density at radius 3 is 2.50 bits per heavy atom. The van der Waals surface area contributed by atoms with Gasteiger partial charge < -0.3 is 4.85 Å². The predicted molar refractivity (Wildman–Crippen MR) is 41.8 cm³/mol. The highest BCUT2D eigenvalue weighted by Crippen LogP contribution is 2.07. The monoisotopic (exact) mass is 138 g/mol. The zero-order valence-electron chi connectivity index (χ0n) is 6.34. The van der Waals surface area contributed by atoms with Crippen molar-refractivity contribution in [3.63, 3.8) is 0 Å². The van der Waals surface area contributed by atoms with Crippen LogP contribution in [0.3, 0.4) is 0 Å². The fourth-order valence-corrected chi connectivity index (χ4v) is 1.37. The average Bonchev–Trinajstić information content (AvgIpc) is 2.03. The van der Waals surface area contributed by atoms with Crippen LogP contribution in [-0.2, 0) is 0 Å². The maximum Gasteiger partial charge on any atom is 0.227 e. The van der Waals surface area contributed by atoms with E-state index in [9.17, 15) is 0 Å². The molecule has 0 unspecified atom stereocenters. The van der Waals surface area contributed by atoms with Crippen molar-refractivity contribution in [1.29, 1.82) is 0 Å². The fraction of sp³-hybridized carbons (Fsp3) is 0.875. The summed E-state index contributed by atoms with van der Waals surface area (Å²) in [5.74, 6) is 0. The molecule has 1 heterocycles. The van der Waals surface area contributed by atoms with E-state index in [1.807, 2.05) is 0 Å². The Kier molecular flexibility index (Phi) is 3.25. The minimum atomic E-state index is 0.681. The van der Waals surface area contributed by atoms with Crippen LogP contribution in [0.15, 0.2) is 0 Å². The van der Waals surface area contributed by atoms with Gasteiger partial charge in [0, 0.05) is 0 Å². The number of piperidine rings is 1. The SMILES string of the molecule is [C-]#[N+]CCN1CCCCC1. The van der Waals surface area contributed by atoms with E-state index in [1.165, 1.54) is 32.4 Å². The third-order valence-corrected chi connectivity index (χ3v) is 1.98. The zero-order chi connectivity index (χ0) is 7.23. The molecule has 0 aromatic carbocycles. The highest BCUT2D eigenvalue weighted by Gasteiger charge is 2.09. The van der Waals surface area contributed by atoms with E-state index in [4.69, 9.17) is 6.57 Å². The Labute approximate surface area is 62.7 Å². The summed E-state index contributed by atoms with van der Waals surface area (Å²) in [6.45, 7) is 10.7. The van der Waals surface area contributed by atoms with Gasteiger partial charge in [0.05, 0.1) is 6.54 Å². The summed E-state index contributed by atoms with van der Waals surface area (Å²) in [7, 11) is 0. The van der Waals surface area contributed by atoms with Crippen molar-refractivity contribution < 1.29 is 0 Å². The van der Waals surface area contributed by atoms with E-state index in [1.54, 1.807) is 0 Å². The van der Waals surface area contributed by atoms with Gasteiger partial charge in [-0.05, 0) is 25.9 Å². The van der Waals surface area contributed by atoms with Gasteiger partial charge in [-0.1, -0.05) is 6.42 Å². The number of likely N-dealkylation sites (tertiary alicyclic amines) is 1. The van der Waals surface area contributed by atoms with E-state index in [0.717, 1.165) is 6.54 Å². The number of nitrogens with zero attached hydrogens (tertiary/aromatic N) is 2. The molecule has 0 atom stereocenters. The van der Waals surface area contributed by atoms with Gasteiger partial charge in [-0.25, -0.2) is 6.57 Å². The molecule has 0 spiro atoms. The molecule has 0 aromatic heterocycles. The smallest absolute Gasteiger partial charge is 0.227 e. The fourth-order valence-electron chi connectivity index (χ4n) is 1.37. The molecule has 1 rings (SSSR count). The van der Waals surface area contributed by atoms with Gasteiger partial charge in [-0.15, -0.1) is 0 Å². The molecular formula is C8H14N2. The maximum atomic E-state index is 6.62. The summed E-state index contributed by atoms with van der Waals surface area (Å²) in [6.07, 6.45) is 4.05. The van der Waals surface area contributed by atoms with Crippen LogP contribution in [0.25, 0.3) is 4.85 Å². The van der Waals surface area contributed by atoms with Gasteiger partial charge >= 0.3 is 0 Å².